The third-order valence-corrected chi connectivity index (χ3v) is 6.81. The van der Waals surface area contributed by atoms with Crippen molar-refractivity contribution >= 4 is 23.8 Å². The maximum Gasteiger partial charge on any atom is 0.415 e. The van der Waals surface area contributed by atoms with E-state index in [1.54, 1.807) is 30.6 Å². The fraction of sp³-hybridized carbons (Fsp3) is 0.519. The van der Waals surface area contributed by atoms with Crippen molar-refractivity contribution in [2.45, 2.75) is 64.2 Å². The molecule has 2 atom stereocenters. The van der Waals surface area contributed by atoms with Crippen LogP contribution in [0, 0.1) is 23.2 Å². The molecule has 2 aliphatic rings. The van der Waals surface area contributed by atoms with Gasteiger partial charge in [-0.05, 0) is 55.4 Å². The van der Waals surface area contributed by atoms with E-state index in [1.165, 1.54) is 11.1 Å². The van der Waals surface area contributed by atoms with Gasteiger partial charge in [0.25, 0.3) is 5.92 Å². The van der Waals surface area contributed by atoms with Crippen molar-refractivity contribution in [3.63, 3.8) is 0 Å². The van der Waals surface area contributed by atoms with Gasteiger partial charge >= 0.3 is 6.09 Å². The van der Waals surface area contributed by atoms with Gasteiger partial charge in [0.1, 0.15) is 6.61 Å². The normalized spacial score (nSPS) is 22.3. The molecule has 2 aromatic rings. The highest BCUT2D eigenvalue weighted by Gasteiger charge is 2.42. The molecule has 0 saturated carbocycles. The van der Waals surface area contributed by atoms with E-state index < -0.39 is 17.9 Å². The lowest BCUT2D eigenvalue weighted by atomic mass is 9.86. The molecule has 2 unspecified atom stereocenters. The molecule has 1 saturated heterocycles. The van der Waals surface area contributed by atoms with E-state index in [0.29, 0.717) is 24.2 Å². The first-order valence-electron chi connectivity index (χ1n) is 12.3. The Bertz CT molecular complexity index is 1170. The SMILES string of the molecule is CC(C)(C)c1cnc(N2CCCC(F)(F)C(CC3C=Nc4ccc(C#N)cc4CC3)COC2=O)cn1. The third-order valence-electron chi connectivity index (χ3n) is 6.81. The van der Waals surface area contributed by atoms with E-state index >= 15 is 8.78 Å². The average Bonchev–Trinajstić information content (AvgIpc) is 3.02. The molecule has 7 nitrogen and oxygen atoms in total. The molecular weight excluding hydrogens is 464 g/mol. The van der Waals surface area contributed by atoms with Gasteiger partial charge < -0.3 is 4.74 Å². The first kappa shape index (κ1) is 25.7. The second kappa shape index (κ2) is 10.3. The van der Waals surface area contributed by atoms with Crippen LogP contribution >= 0.6 is 0 Å². The number of aryl methyl sites for hydroxylation is 1. The highest BCUT2D eigenvalue weighted by atomic mass is 19.3. The molecule has 36 heavy (non-hydrogen) atoms. The van der Waals surface area contributed by atoms with Crippen molar-refractivity contribution < 1.29 is 18.3 Å². The Morgan fingerprint density at radius 2 is 2.06 bits per heavy atom. The Balaban J connectivity index is 1.45. The smallest absolute Gasteiger partial charge is 0.415 e. The lowest BCUT2D eigenvalue weighted by Gasteiger charge is -2.27. The maximum atomic E-state index is 15.2. The molecule has 0 spiro atoms. The predicted molar refractivity (Wildman–Crippen MR) is 133 cm³/mol. The highest BCUT2D eigenvalue weighted by molar-refractivity contribution is 5.86. The number of hydrogen-bond acceptors (Lipinski definition) is 6. The first-order chi connectivity index (χ1) is 17.1. The number of rotatable bonds is 3. The Kier molecular flexibility index (Phi) is 7.34. The number of nitrogens with zero attached hydrogens (tertiary/aromatic N) is 5. The Hall–Kier alpha value is -3.41. The van der Waals surface area contributed by atoms with E-state index in [0.717, 1.165) is 16.9 Å². The van der Waals surface area contributed by atoms with Crippen molar-refractivity contribution in [2.24, 2.45) is 16.8 Å². The molecule has 1 fully saturated rings. The zero-order valence-electron chi connectivity index (χ0n) is 20.9. The summed E-state index contributed by atoms with van der Waals surface area (Å²) in [4.78, 5) is 27.4. The van der Waals surface area contributed by atoms with Crippen LogP contribution in [0.3, 0.4) is 0 Å². The van der Waals surface area contributed by atoms with Gasteiger partial charge in [0, 0.05) is 24.6 Å². The van der Waals surface area contributed by atoms with Gasteiger partial charge in [-0.1, -0.05) is 20.8 Å². The van der Waals surface area contributed by atoms with Crippen LogP contribution in [-0.4, -0.2) is 41.3 Å². The second-order valence-corrected chi connectivity index (χ2v) is 10.6. The number of cyclic esters (lactones) is 1. The largest absolute Gasteiger partial charge is 0.449 e. The van der Waals surface area contributed by atoms with Gasteiger partial charge in [-0.25, -0.2) is 18.6 Å². The van der Waals surface area contributed by atoms with Crippen molar-refractivity contribution in [3.8, 4) is 6.07 Å². The van der Waals surface area contributed by atoms with Gasteiger partial charge in [-0.2, -0.15) is 5.26 Å². The van der Waals surface area contributed by atoms with Crippen molar-refractivity contribution in [3.05, 3.63) is 47.4 Å². The lowest BCUT2D eigenvalue weighted by molar-refractivity contribution is -0.0870. The number of ether oxygens (including phenoxy) is 1. The summed E-state index contributed by atoms with van der Waals surface area (Å²) in [5.74, 6) is -4.01. The van der Waals surface area contributed by atoms with E-state index in [4.69, 9.17) is 10.00 Å². The van der Waals surface area contributed by atoms with Crippen LogP contribution in [-0.2, 0) is 16.6 Å². The summed E-state index contributed by atoms with van der Waals surface area (Å²) in [6.45, 7) is 5.72. The number of aromatic nitrogens is 2. The number of fused-ring (bicyclic) bond motifs is 1. The Labute approximate surface area is 210 Å². The van der Waals surface area contributed by atoms with Crippen LogP contribution < -0.4 is 4.90 Å². The summed E-state index contributed by atoms with van der Waals surface area (Å²) >= 11 is 0. The van der Waals surface area contributed by atoms with Gasteiger partial charge in [0.2, 0.25) is 0 Å². The number of carbonyl (C=O) groups excluding carboxylic acids is 1. The van der Waals surface area contributed by atoms with Gasteiger partial charge in [-0.3, -0.25) is 14.9 Å². The Morgan fingerprint density at radius 1 is 1.25 bits per heavy atom. The molecule has 0 aliphatic carbocycles. The number of alkyl halides is 2. The monoisotopic (exact) mass is 495 g/mol. The van der Waals surface area contributed by atoms with E-state index in [9.17, 15) is 4.79 Å². The third kappa shape index (κ3) is 5.86. The topological polar surface area (TPSA) is 91.5 Å². The van der Waals surface area contributed by atoms with E-state index in [1.807, 2.05) is 20.8 Å². The minimum absolute atomic E-state index is 0.0755. The fourth-order valence-electron chi connectivity index (χ4n) is 4.56. The van der Waals surface area contributed by atoms with Crippen LogP contribution in [0.5, 0.6) is 0 Å². The van der Waals surface area contributed by atoms with Crippen molar-refractivity contribution in [2.75, 3.05) is 18.1 Å². The number of aliphatic imine (C=N–C) groups is 1. The van der Waals surface area contributed by atoms with Crippen LogP contribution in [0.25, 0.3) is 0 Å². The molecule has 190 valence electrons. The molecule has 9 heteroatoms. The molecule has 1 aromatic carbocycles. The molecule has 0 radical (unpaired) electrons. The minimum Gasteiger partial charge on any atom is -0.449 e. The highest BCUT2D eigenvalue weighted by Crippen LogP contribution is 2.38. The van der Waals surface area contributed by atoms with Gasteiger partial charge in [0.15, 0.2) is 5.82 Å². The molecule has 1 aromatic heterocycles. The number of anilines is 1. The van der Waals surface area contributed by atoms with E-state index in [-0.39, 0.29) is 43.7 Å². The number of carbonyl (C=O) groups is 1. The summed E-state index contributed by atoms with van der Waals surface area (Å²) in [6, 6.07) is 7.41. The molecule has 3 heterocycles. The average molecular weight is 496 g/mol. The zero-order chi connectivity index (χ0) is 25.9. The standard InChI is InChI=1S/C27H31F2N5O2/c1-26(2,3)23-15-33-24(16-32-23)34-10-4-9-27(28,29)21(17-36-25(34)35)12-19-5-7-20-11-18(13-30)6-8-22(20)31-14-19/h6,8,11,14-16,19,21H,4-5,7,9-10,12,17H2,1-3H3. The molecule has 1 amide bonds. The number of nitriles is 1. The summed E-state index contributed by atoms with van der Waals surface area (Å²) in [5, 5.41) is 9.14. The lowest BCUT2D eigenvalue weighted by Crippen LogP contribution is -2.35. The number of hydrogen-bond donors (Lipinski definition) is 0. The molecule has 0 bridgehead atoms. The van der Waals surface area contributed by atoms with Crippen LogP contribution in [0.4, 0.5) is 25.1 Å². The minimum atomic E-state index is -2.99. The Morgan fingerprint density at radius 3 is 2.75 bits per heavy atom. The molecular formula is C27H31F2N5O2. The quantitative estimate of drug-likeness (QED) is 0.522. The number of benzene rings is 1. The molecule has 0 N–H and O–H groups in total. The van der Waals surface area contributed by atoms with Crippen LogP contribution in [0.2, 0.25) is 0 Å². The zero-order valence-corrected chi connectivity index (χ0v) is 20.9. The molecule has 4 rings (SSSR count). The van der Waals surface area contributed by atoms with Crippen LogP contribution in [0.15, 0.2) is 35.6 Å². The summed E-state index contributed by atoms with van der Waals surface area (Å²) in [7, 11) is 0. The fourth-order valence-corrected chi connectivity index (χ4v) is 4.56. The number of halogens is 2. The predicted octanol–water partition coefficient (Wildman–Crippen LogP) is 5.99. The van der Waals surface area contributed by atoms with Crippen molar-refractivity contribution in [1.29, 1.82) is 5.26 Å². The molecule has 2 aliphatic heterocycles. The summed E-state index contributed by atoms with van der Waals surface area (Å²) in [5.41, 5.74) is 2.83. The number of amides is 1. The van der Waals surface area contributed by atoms with E-state index in [2.05, 4.69) is 21.0 Å². The van der Waals surface area contributed by atoms with Crippen molar-refractivity contribution in [1.82, 2.24) is 9.97 Å². The first-order valence-corrected chi connectivity index (χ1v) is 12.3. The maximum absolute atomic E-state index is 15.2. The van der Waals surface area contributed by atoms with Crippen LogP contribution in [0.1, 0.15) is 63.3 Å². The summed E-state index contributed by atoms with van der Waals surface area (Å²) in [6.07, 6.45) is 5.32. The summed E-state index contributed by atoms with van der Waals surface area (Å²) < 4.78 is 35.9. The van der Waals surface area contributed by atoms with Gasteiger partial charge in [0.05, 0.1) is 41.3 Å². The van der Waals surface area contributed by atoms with Gasteiger partial charge in [-0.15, -0.1) is 0 Å². The second-order valence-electron chi connectivity index (χ2n) is 10.6.